The minimum atomic E-state index is -0.846. The van der Waals surface area contributed by atoms with Gasteiger partial charge in [0.05, 0.1) is 5.56 Å². The van der Waals surface area contributed by atoms with Crippen molar-refractivity contribution in [3.8, 4) is 23.0 Å². The van der Waals surface area contributed by atoms with Crippen molar-refractivity contribution in [1.82, 2.24) is 0 Å². The Labute approximate surface area is 85.2 Å². The van der Waals surface area contributed by atoms with Crippen molar-refractivity contribution in [2.24, 2.45) is 0 Å². The lowest BCUT2D eigenvalue weighted by Gasteiger charge is -2.18. The lowest BCUT2D eigenvalue weighted by Crippen LogP contribution is -2.11. The zero-order chi connectivity index (χ0) is 11.2. The topological polar surface area (TPSA) is 98.0 Å². The number of hydrogen-bond acceptors (Lipinski definition) is 5. The molecule has 0 amide bonds. The summed E-state index contributed by atoms with van der Waals surface area (Å²) in [5.41, 5.74) is 0.133. The van der Waals surface area contributed by atoms with Gasteiger partial charge in [-0.2, -0.15) is 0 Å². The molecule has 1 aliphatic carbocycles. The largest absolute Gasteiger partial charge is 0.504 e. The van der Waals surface area contributed by atoms with Crippen LogP contribution in [0.15, 0.2) is 0 Å². The highest BCUT2D eigenvalue weighted by molar-refractivity contribution is 6.03. The first-order valence-corrected chi connectivity index (χ1v) is 4.56. The van der Waals surface area contributed by atoms with Crippen LogP contribution in [0.3, 0.4) is 0 Å². The Bertz CT molecular complexity index is 450. The van der Waals surface area contributed by atoms with Gasteiger partial charge in [0.25, 0.3) is 0 Å². The molecule has 0 unspecified atom stereocenters. The Hall–Kier alpha value is -1.91. The van der Waals surface area contributed by atoms with Crippen LogP contribution >= 0.6 is 0 Å². The van der Waals surface area contributed by atoms with E-state index in [0.29, 0.717) is 12.8 Å². The van der Waals surface area contributed by atoms with Crippen LogP contribution in [0.25, 0.3) is 0 Å². The fourth-order valence-electron chi connectivity index (χ4n) is 1.84. The number of phenols is 4. The van der Waals surface area contributed by atoms with E-state index in [2.05, 4.69) is 0 Å². The summed E-state index contributed by atoms with van der Waals surface area (Å²) in [5.74, 6) is -3.12. The first-order valence-electron chi connectivity index (χ1n) is 4.56. The number of rotatable bonds is 0. The first-order chi connectivity index (χ1) is 7.04. The molecule has 0 radical (unpaired) electrons. The minimum Gasteiger partial charge on any atom is -0.504 e. The number of phenolic OH excluding ortho intramolecular Hbond substituents is 4. The van der Waals surface area contributed by atoms with Gasteiger partial charge < -0.3 is 20.4 Å². The summed E-state index contributed by atoms with van der Waals surface area (Å²) < 4.78 is 0. The van der Waals surface area contributed by atoms with Crippen LogP contribution in [0.2, 0.25) is 0 Å². The number of Topliss-reactive ketones (excluding diaryl/α,β-unsaturated/α-hetero) is 1. The SMILES string of the molecule is O=C1CCCc2c(O)c(O)c(O)c(O)c21. The van der Waals surface area contributed by atoms with Crippen LogP contribution in [0, 0.1) is 0 Å². The molecule has 0 saturated heterocycles. The first kappa shape index (κ1) is 9.64. The predicted molar refractivity (Wildman–Crippen MR) is 50.4 cm³/mol. The standard InChI is InChI=1S/C10H10O5/c11-5-3-1-2-4-6(5)8(13)10(15)9(14)7(4)12/h12-15H,1-3H2. The fraction of sp³-hybridized carbons (Fsp3) is 0.300. The van der Waals surface area contributed by atoms with Gasteiger partial charge >= 0.3 is 0 Å². The maximum Gasteiger partial charge on any atom is 0.205 e. The zero-order valence-corrected chi connectivity index (χ0v) is 7.82. The highest BCUT2D eigenvalue weighted by Crippen LogP contribution is 2.49. The molecule has 4 N–H and O–H groups in total. The van der Waals surface area contributed by atoms with E-state index < -0.39 is 23.0 Å². The van der Waals surface area contributed by atoms with E-state index >= 15 is 0 Å². The molecule has 0 heterocycles. The third-order valence-electron chi connectivity index (χ3n) is 2.61. The molecule has 15 heavy (non-hydrogen) atoms. The van der Waals surface area contributed by atoms with Gasteiger partial charge in [-0.15, -0.1) is 0 Å². The fourth-order valence-corrected chi connectivity index (χ4v) is 1.84. The lowest BCUT2D eigenvalue weighted by molar-refractivity contribution is 0.0967. The average Bonchev–Trinajstić information content (AvgIpc) is 2.23. The van der Waals surface area contributed by atoms with Crippen molar-refractivity contribution in [2.45, 2.75) is 19.3 Å². The van der Waals surface area contributed by atoms with Gasteiger partial charge in [-0.25, -0.2) is 0 Å². The predicted octanol–water partition coefficient (Wildman–Crippen LogP) is 1.03. The van der Waals surface area contributed by atoms with E-state index in [4.69, 9.17) is 0 Å². The normalized spacial score (nSPS) is 15.1. The van der Waals surface area contributed by atoms with Crippen LogP contribution in [-0.4, -0.2) is 26.2 Å². The summed E-state index contributed by atoms with van der Waals surface area (Å²) in [6, 6.07) is 0. The molecule has 1 aromatic rings. The number of carbonyl (C=O) groups excluding carboxylic acids is 1. The number of hydrogen-bond donors (Lipinski definition) is 4. The number of ketones is 1. The molecule has 1 aromatic carbocycles. The molecule has 2 rings (SSSR count). The molecule has 5 nitrogen and oxygen atoms in total. The van der Waals surface area contributed by atoms with Gasteiger partial charge in [0.2, 0.25) is 11.5 Å². The maximum absolute atomic E-state index is 11.5. The lowest BCUT2D eigenvalue weighted by atomic mass is 9.88. The quantitative estimate of drug-likeness (QED) is 0.378. The van der Waals surface area contributed by atoms with E-state index in [0.717, 1.165) is 0 Å². The summed E-state index contributed by atoms with van der Waals surface area (Å²) in [7, 11) is 0. The summed E-state index contributed by atoms with van der Waals surface area (Å²) in [4.78, 5) is 11.5. The molecular weight excluding hydrogens is 200 g/mol. The Morgan fingerprint density at radius 2 is 1.40 bits per heavy atom. The van der Waals surface area contributed by atoms with Crippen LogP contribution in [0.5, 0.6) is 23.0 Å². The maximum atomic E-state index is 11.5. The third kappa shape index (κ3) is 1.20. The smallest absolute Gasteiger partial charge is 0.205 e. The van der Waals surface area contributed by atoms with Crippen LogP contribution in [0.4, 0.5) is 0 Å². The zero-order valence-electron chi connectivity index (χ0n) is 7.82. The molecule has 0 bridgehead atoms. The molecular formula is C10H10O5. The molecule has 1 aliphatic rings. The molecule has 0 spiro atoms. The number of carbonyl (C=O) groups is 1. The number of aromatic hydroxyl groups is 4. The van der Waals surface area contributed by atoms with Crippen molar-refractivity contribution < 1.29 is 25.2 Å². The molecule has 80 valence electrons. The van der Waals surface area contributed by atoms with E-state index in [1.54, 1.807) is 0 Å². The molecule has 0 aromatic heterocycles. The van der Waals surface area contributed by atoms with E-state index in [1.165, 1.54) is 0 Å². The number of benzene rings is 1. The van der Waals surface area contributed by atoms with Crippen molar-refractivity contribution in [3.05, 3.63) is 11.1 Å². The van der Waals surface area contributed by atoms with Gasteiger partial charge in [-0.1, -0.05) is 0 Å². The van der Waals surface area contributed by atoms with Gasteiger partial charge in [0.15, 0.2) is 17.3 Å². The summed E-state index contributed by atoms with van der Waals surface area (Å²) in [5, 5.41) is 37.5. The Morgan fingerprint density at radius 3 is 2.07 bits per heavy atom. The molecule has 5 heteroatoms. The second-order valence-electron chi connectivity index (χ2n) is 3.52. The van der Waals surface area contributed by atoms with Crippen molar-refractivity contribution in [1.29, 1.82) is 0 Å². The molecule has 0 atom stereocenters. The van der Waals surface area contributed by atoms with E-state index in [9.17, 15) is 25.2 Å². The Kier molecular flexibility index (Phi) is 1.96. The Balaban J connectivity index is 2.80. The minimum absolute atomic E-state index is 0.0750. The highest BCUT2D eigenvalue weighted by Gasteiger charge is 2.29. The van der Waals surface area contributed by atoms with Gasteiger partial charge in [-0.05, 0) is 12.8 Å². The van der Waals surface area contributed by atoms with Crippen molar-refractivity contribution in [2.75, 3.05) is 0 Å². The molecule has 0 fully saturated rings. The van der Waals surface area contributed by atoms with Gasteiger partial charge in [-0.3, -0.25) is 4.79 Å². The summed E-state index contributed by atoms with van der Waals surface area (Å²) >= 11 is 0. The van der Waals surface area contributed by atoms with Crippen molar-refractivity contribution in [3.63, 3.8) is 0 Å². The monoisotopic (exact) mass is 210 g/mol. The average molecular weight is 210 g/mol. The third-order valence-corrected chi connectivity index (χ3v) is 2.61. The molecule has 0 saturated carbocycles. The highest BCUT2D eigenvalue weighted by atomic mass is 16.3. The van der Waals surface area contributed by atoms with Crippen LogP contribution in [-0.2, 0) is 6.42 Å². The van der Waals surface area contributed by atoms with Crippen LogP contribution in [0.1, 0.15) is 28.8 Å². The van der Waals surface area contributed by atoms with Crippen molar-refractivity contribution >= 4 is 5.78 Å². The van der Waals surface area contributed by atoms with E-state index in [1.807, 2.05) is 0 Å². The molecule has 0 aliphatic heterocycles. The second-order valence-corrected chi connectivity index (χ2v) is 3.52. The summed E-state index contributed by atoms with van der Waals surface area (Å²) in [6.45, 7) is 0. The summed E-state index contributed by atoms with van der Waals surface area (Å²) in [6.07, 6.45) is 1.22. The van der Waals surface area contributed by atoms with E-state index in [-0.39, 0.29) is 23.3 Å². The van der Waals surface area contributed by atoms with Gasteiger partial charge in [0, 0.05) is 12.0 Å². The van der Waals surface area contributed by atoms with Gasteiger partial charge in [0.1, 0.15) is 0 Å². The second kappa shape index (κ2) is 3.05. The van der Waals surface area contributed by atoms with Crippen LogP contribution < -0.4 is 0 Å². The Morgan fingerprint density at radius 1 is 0.800 bits per heavy atom. The number of fused-ring (bicyclic) bond motifs is 1.